The number of fused-ring (bicyclic) bond motifs is 1. The lowest BCUT2D eigenvalue weighted by Gasteiger charge is -2.24. The third-order valence-corrected chi connectivity index (χ3v) is 6.57. The van der Waals surface area contributed by atoms with E-state index in [1.165, 1.54) is 0 Å². The first-order valence-corrected chi connectivity index (χ1v) is 13.1. The summed E-state index contributed by atoms with van der Waals surface area (Å²) in [6.45, 7) is 3.93. The molecule has 1 unspecified atom stereocenters. The summed E-state index contributed by atoms with van der Waals surface area (Å²) in [4.78, 5) is 38.3. The molecule has 1 amide bonds. The van der Waals surface area contributed by atoms with Crippen LogP contribution in [-0.2, 0) is 20.9 Å². The molecule has 8 heteroatoms. The van der Waals surface area contributed by atoms with E-state index in [2.05, 4.69) is 11.4 Å². The zero-order valence-electron chi connectivity index (χ0n) is 22.4. The molecule has 40 heavy (non-hydrogen) atoms. The maximum Gasteiger partial charge on any atom is 0.305 e. The molecule has 0 saturated heterocycles. The quantitative estimate of drug-likeness (QED) is 0.237. The molecule has 4 rings (SSSR count). The lowest BCUT2D eigenvalue weighted by atomic mass is 10.0. The first-order valence-electron chi connectivity index (χ1n) is 13.1. The van der Waals surface area contributed by atoms with Gasteiger partial charge in [0.15, 0.2) is 0 Å². The molecule has 0 aliphatic rings. The minimum atomic E-state index is -1.03. The number of amides is 1. The second-order valence-electron chi connectivity index (χ2n) is 9.99. The number of nitrogens with zero attached hydrogens (tertiary/aromatic N) is 2. The van der Waals surface area contributed by atoms with Crippen molar-refractivity contribution in [1.29, 1.82) is 5.26 Å². The van der Waals surface area contributed by atoms with Crippen LogP contribution in [0.15, 0.2) is 84.9 Å². The molecule has 2 N–H and O–H groups in total. The Morgan fingerprint density at radius 3 is 2.27 bits per heavy atom. The van der Waals surface area contributed by atoms with Crippen molar-refractivity contribution in [3.63, 3.8) is 0 Å². The third-order valence-electron chi connectivity index (χ3n) is 6.57. The number of carbonyl (C=O) groups excluding carboxylic acids is 2. The van der Waals surface area contributed by atoms with Gasteiger partial charge < -0.3 is 19.6 Å². The van der Waals surface area contributed by atoms with Crippen molar-refractivity contribution in [2.75, 3.05) is 0 Å². The van der Waals surface area contributed by atoms with Crippen molar-refractivity contribution in [3.8, 4) is 6.07 Å². The number of hydrogen-bond acceptors (Lipinski definition) is 5. The predicted molar refractivity (Wildman–Crippen MR) is 150 cm³/mol. The van der Waals surface area contributed by atoms with Gasteiger partial charge in [0.25, 0.3) is 0 Å². The maximum atomic E-state index is 13.4. The van der Waals surface area contributed by atoms with Crippen LogP contribution in [0.2, 0.25) is 0 Å². The molecule has 2 atom stereocenters. The summed E-state index contributed by atoms with van der Waals surface area (Å²) in [5, 5.41) is 22.0. The Balaban J connectivity index is 1.62. The second kappa shape index (κ2) is 12.9. The highest BCUT2D eigenvalue weighted by atomic mass is 16.5. The third kappa shape index (κ3) is 6.63. The number of nitrogens with one attached hydrogen (secondary N) is 1. The summed E-state index contributed by atoms with van der Waals surface area (Å²) in [7, 11) is 0. The van der Waals surface area contributed by atoms with Gasteiger partial charge in [-0.15, -0.1) is 0 Å². The highest BCUT2D eigenvalue weighted by Gasteiger charge is 2.26. The lowest BCUT2D eigenvalue weighted by molar-refractivity contribution is -0.139. The molecule has 4 aromatic rings. The van der Waals surface area contributed by atoms with Gasteiger partial charge in [-0.3, -0.25) is 14.4 Å². The lowest BCUT2D eigenvalue weighted by Crippen LogP contribution is -2.40. The fraction of sp³-hybridized carbons (Fsp3) is 0.250. The summed E-state index contributed by atoms with van der Waals surface area (Å²) in [5.74, 6) is -1.56. The van der Waals surface area contributed by atoms with Crippen LogP contribution in [0.5, 0.6) is 0 Å². The molecule has 0 fully saturated rings. The van der Waals surface area contributed by atoms with E-state index in [9.17, 15) is 24.8 Å². The van der Waals surface area contributed by atoms with Gasteiger partial charge in [-0.25, -0.2) is 0 Å². The smallest absolute Gasteiger partial charge is 0.305 e. The number of hydrogen-bond donors (Lipinski definition) is 2. The Labute approximate surface area is 232 Å². The van der Waals surface area contributed by atoms with E-state index >= 15 is 0 Å². The van der Waals surface area contributed by atoms with Crippen LogP contribution in [0.25, 0.3) is 5.52 Å². The fourth-order valence-corrected chi connectivity index (χ4v) is 4.67. The normalized spacial score (nSPS) is 12.6. The molecule has 0 aliphatic carbocycles. The SMILES string of the molecule is CC(C)C[C@H](OCc1cccc2c(C#N)cc(C(=O)c3ccccc3)n12)C(=O)NC(CC(=O)O)c1ccccc1. The van der Waals surface area contributed by atoms with Gasteiger partial charge in [0, 0.05) is 11.3 Å². The Morgan fingerprint density at radius 2 is 1.65 bits per heavy atom. The fourth-order valence-electron chi connectivity index (χ4n) is 4.67. The Hall–Kier alpha value is -4.74. The van der Waals surface area contributed by atoms with Crippen LogP contribution < -0.4 is 5.32 Å². The Kier molecular flexibility index (Phi) is 9.10. The van der Waals surface area contributed by atoms with E-state index in [1.54, 1.807) is 77.2 Å². The molecule has 2 heterocycles. The topological polar surface area (TPSA) is 121 Å². The number of pyridine rings is 1. The number of carbonyl (C=O) groups is 3. The molecule has 204 valence electrons. The molecule has 2 aromatic heterocycles. The minimum absolute atomic E-state index is 0.00823. The van der Waals surface area contributed by atoms with E-state index in [4.69, 9.17) is 4.74 Å². The highest BCUT2D eigenvalue weighted by Crippen LogP contribution is 2.24. The monoisotopic (exact) mass is 537 g/mol. The zero-order chi connectivity index (χ0) is 28.6. The van der Waals surface area contributed by atoms with Crippen LogP contribution in [0.4, 0.5) is 0 Å². The van der Waals surface area contributed by atoms with Crippen LogP contribution in [-0.4, -0.2) is 33.3 Å². The number of nitriles is 1. The number of rotatable bonds is 12. The molecule has 2 aromatic carbocycles. The number of ketones is 1. The van der Waals surface area contributed by atoms with Gasteiger partial charge in [0.1, 0.15) is 12.2 Å². The average Bonchev–Trinajstić information content (AvgIpc) is 3.34. The van der Waals surface area contributed by atoms with Crippen molar-refractivity contribution < 1.29 is 24.2 Å². The molecule has 0 aliphatic heterocycles. The van der Waals surface area contributed by atoms with Gasteiger partial charge in [-0.1, -0.05) is 80.6 Å². The summed E-state index contributed by atoms with van der Waals surface area (Å²) in [6.07, 6.45) is -0.731. The second-order valence-corrected chi connectivity index (χ2v) is 9.99. The number of carboxylic acids is 1. The van der Waals surface area contributed by atoms with Crippen molar-refractivity contribution >= 4 is 23.2 Å². The van der Waals surface area contributed by atoms with Gasteiger partial charge in [0.2, 0.25) is 11.7 Å². The minimum Gasteiger partial charge on any atom is -0.481 e. The van der Waals surface area contributed by atoms with E-state index < -0.39 is 24.0 Å². The molecule has 0 saturated carbocycles. The molecular weight excluding hydrogens is 506 g/mol. The summed E-state index contributed by atoms with van der Waals surface area (Å²) >= 11 is 0. The number of aromatic nitrogens is 1. The number of aliphatic carboxylic acids is 1. The van der Waals surface area contributed by atoms with Crippen LogP contribution in [0, 0.1) is 17.2 Å². The standard InChI is InChI=1S/C32H31N3O5/c1-21(2)16-29(32(39)34-26(18-30(36)37)22-10-5-3-6-11-22)40-20-25-14-9-15-27-24(19-33)17-28(35(25)27)31(38)23-12-7-4-8-13-23/h3-15,17,21,26,29H,16,18,20H2,1-2H3,(H,34,39)(H,36,37)/t26?,29-/m0/s1. The van der Waals surface area contributed by atoms with Crippen LogP contribution in [0.1, 0.15) is 65.6 Å². The van der Waals surface area contributed by atoms with E-state index in [-0.39, 0.29) is 24.7 Å². The van der Waals surface area contributed by atoms with Gasteiger partial charge in [0.05, 0.1) is 35.8 Å². The molecule has 0 spiro atoms. The summed E-state index contributed by atoms with van der Waals surface area (Å²) < 4.78 is 7.86. The van der Waals surface area contributed by atoms with E-state index in [0.29, 0.717) is 40.0 Å². The molecule has 0 radical (unpaired) electrons. The number of carboxylic acid groups (broad SMARTS) is 1. The first-order chi connectivity index (χ1) is 19.3. The maximum absolute atomic E-state index is 13.4. The summed E-state index contributed by atoms with van der Waals surface area (Å²) in [6, 6.07) is 26.1. The average molecular weight is 538 g/mol. The first kappa shape index (κ1) is 28.3. The van der Waals surface area contributed by atoms with Gasteiger partial charge >= 0.3 is 5.97 Å². The number of ether oxygens (including phenoxy) is 1. The van der Waals surface area contributed by atoms with Gasteiger partial charge in [-0.2, -0.15) is 5.26 Å². The van der Waals surface area contributed by atoms with Crippen molar-refractivity contribution in [1.82, 2.24) is 9.72 Å². The molecule has 8 nitrogen and oxygen atoms in total. The van der Waals surface area contributed by atoms with Crippen molar-refractivity contribution in [2.24, 2.45) is 5.92 Å². The molecule has 0 bridgehead atoms. The Bertz CT molecular complexity index is 1540. The molecular formula is C32H31N3O5. The Morgan fingerprint density at radius 1 is 0.975 bits per heavy atom. The van der Waals surface area contributed by atoms with E-state index in [1.807, 2.05) is 26.0 Å². The van der Waals surface area contributed by atoms with Crippen molar-refractivity contribution in [3.05, 3.63) is 113 Å². The van der Waals surface area contributed by atoms with Crippen LogP contribution in [0.3, 0.4) is 0 Å². The number of benzene rings is 2. The van der Waals surface area contributed by atoms with Crippen molar-refractivity contribution in [2.45, 2.75) is 45.4 Å². The zero-order valence-corrected chi connectivity index (χ0v) is 22.4. The highest BCUT2D eigenvalue weighted by molar-refractivity contribution is 6.09. The largest absolute Gasteiger partial charge is 0.481 e. The van der Waals surface area contributed by atoms with Crippen LogP contribution >= 0.6 is 0 Å². The summed E-state index contributed by atoms with van der Waals surface area (Å²) in [5.41, 5.74) is 3.03. The van der Waals surface area contributed by atoms with Gasteiger partial charge in [-0.05, 0) is 36.1 Å². The van der Waals surface area contributed by atoms with E-state index in [0.717, 1.165) is 0 Å². The predicted octanol–water partition coefficient (Wildman–Crippen LogP) is 5.31.